The molecule has 2 aliphatic rings. The van der Waals surface area contributed by atoms with Gasteiger partial charge in [-0.05, 0) is 31.0 Å². The second kappa shape index (κ2) is 6.49. The number of hydrogen-bond acceptors (Lipinski definition) is 3. The summed E-state index contributed by atoms with van der Waals surface area (Å²) in [7, 11) is 0. The van der Waals surface area contributed by atoms with Crippen LogP contribution < -0.4 is 16.2 Å². The van der Waals surface area contributed by atoms with Gasteiger partial charge in [0.15, 0.2) is 0 Å². The number of hydrazine groups is 1. The van der Waals surface area contributed by atoms with Crippen molar-refractivity contribution in [1.82, 2.24) is 16.2 Å². The van der Waals surface area contributed by atoms with E-state index in [9.17, 15) is 0 Å². The molecule has 3 N–H and O–H groups in total. The Bertz CT molecular complexity index is 203. The minimum absolute atomic E-state index is 0.560. The third-order valence-electron chi connectivity index (χ3n) is 2.39. The second-order valence-corrected chi connectivity index (χ2v) is 3.27. The highest BCUT2D eigenvalue weighted by Crippen LogP contribution is 2.15. The van der Waals surface area contributed by atoms with E-state index in [1.54, 1.807) is 0 Å². The lowest BCUT2D eigenvalue weighted by atomic mass is 9.98. The Labute approximate surface area is 86.6 Å². The summed E-state index contributed by atoms with van der Waals surface area (Å²) in [5, 5.41) is 3.50. The zero-order valence-corrected chi connectivity index (χ0v) is 9.14. The highest BCUT2D eigenvalue weighted by Gasteiger charge is 2.15. The van der Waals surface area contributed by atoms with E-state index in [1.807, 2.05) is 26.2 Å². The highest BCUT2D eigenvalue weighted by molar-refractivity contribution is 5.26. The van der Waals surface area contributed by atoms with Crippen LogP contribution in [0.3, 0.4) is 0 Å². The molecule has 0 aromatic carbocycles. The molecule has 0 aromatic heterocycles. The average Bonchev–Trinajstić information content (AvgIpc) is 2.34. The molecule has 14 heavy (non-hydrogen) atoms. The molecule has 0 bridgehead atoms. The van der Waals surface area contributed by atoms with Crippen LogP contribution in [0.2, 0.25) is 0 Å². The fraction of sp³-hybridized carbons (Fsp3) is 0.636. The molecule has 0 saturated carbocycles. The SMILES string of the molecule is C1=CC([C@H]2CCCCN2)=CNN1.CC. The standard InChI is InChI=1S/C9H15N3.C2H6/c1-2-5-10-9(3-1)8-4-6-11-12-7-8;1-2/h4,6-7,9-12H,1-3,5H2;1-2H3/t9-;/m1./s1. The summed E-state index contributed by atoms with van der Waals surface area (Å²) >= 11 is 0. The maximum absolute atomic E-state index is 3.50. The number of nitrogens with one attached hydrogen (secondary N) is 3. The van der Waals surface area contributed by atoms with Crippen LogP contribution in [-0.2, 0) is 0 Å². The van der Waals surface area contributed by atoms with Gasteiger partial charge in [-0.2, -0.15) is 0 Å². The zero-order chi connectivity index (χ0) is 10.2. The monoisotopic (exact) mass is 195 g/mol. The van der Waals surface area contributed by atoms with E-state index in [4.69, 9.17) is 0 Å². The van der Waals surface area contributed by atoms with Gasteiger partial charge in [-0.1, -0.05) is 20.3 Å². The first kappa shape index (κ1) is 11.1. The Morgan fingerprint density at radius 1 is 1.21 bits per heavy atom. The minimum Gasteiger partial charge on any atom is -0.310 e. The van der Waals surface area contributed by atoms with Crippen LogP contribution >= 0.6 is 0 Å². The summed E-state index contributed by atoms with van der Waals surface area (Å²) in [5.74, 6) is 0. The van der Waals surface area contributed by atoms with Gasteiger partial charge in [0.05, 0.1) is 0 Å². The predicted molar refractivity (Wildman–Crippen MR) is 60.5 cm³/mol. The van der Waals surface area contributed by atoms with Crippen molar-refractivity contribution in [2.75, 3.05) is 6.54 Å². The van der Waals surface area contributed by atoms with Gasteiger partial charge in [-0.3, -0.25) is 0 Å². The topological polar surface area (TPSA) is 36.1 Å². The summed E-state index contributed by atoms with van der Waals surface area (Å²) < 4.78 is 0. The normalized spacial score (nSPS) is 25.0. The molecule has 2 heterocycles. The number of piperidine rings is 1. The first-order valence-electron chi connectivity index (χ1n) is 5.58. The third-order valence-corrected chi connectivity index (χ3v) is 2.39. The quantitative estimate of drug-likeness (QED) is 0.595. The van der Waals surface area contributed by atoms with Crippen molar-refractivity contribution in [1.29, 1.82) is 0 Å². The van der Waals surface area contributed by atoms with E-state index in [-0.39, 0.29) is 0 Å². The molecule has 3 heteroatoms. The molecule has 0 aromatic rings. The molecular formula is C11H21N3. The lowest BCUT2D eigenvalue weighted by molar-refractivity contribution is 0.441. The molecular weight excluding hydrogens is 174 g/mol. The van der Waals surface area contributed by atoms with Crippen molar-refractivity contribution in [3.8, 4) is 0 Å². The molecule has 3 nitrogen and oxygen atoms in total. The van der Waals surface area contributed by atoms with Crippen molar-refractivity contribution in [2.45, 2.75) is 39.2 Å². The van der Waals surface area contributed by atoms with Crippen molar-refractivity contribution < 1.29 is 0 Å². The van der Waals surface area contributed by atoms with Crippen LogP contribution in [0, 0.1) is 0 Å². The van der Waals surface area contributed by atoms with Crippen molar-refractivity contribution in [3.63, 3.8) is 0 Å². The van der Waals surface area contributed by atoms with Crippen molar-refractivity contribution in [2.24, 2.45) is 0 Å². The molecule has 2 rings (SSSR count). The molecule has 1 saturated heterocycles. The van der Waals surface area contributed by atoms with Gasteiger partial charge in [0, 0.05) is 18.4 Å². The lowest BCUT2D eigenvalue weighted by Gasteiger charge is -2.25. The fourth-order valence-corrected chi connectivity index (χ4v) is 1.71. The van der Waals surface area contributed by atoms with Crippen LogP contribution in [-0.4, -0.2) is 12.6 Å². The van der Waals surface area contributed by atoms with E-state index >= 15 is 0 Å². The Morgan fingerprint density at radius 3 is 2.64 bits per heavy atom. The van der Waals surface area contributed by atoms with Crippen LogP contribution in [0.1, 0.15) is 33.1 Å². The molecule has 1 fully saturated rings. The Balaban J connectivity index is 0.000000461. The minimum atomic E-state index is 0.560. The van der Waals surface area contributed by atoms with Gasteiger partial charge >= 0.3 is 0 Å². The van der Waals surface area contributed by atoms with E-state index < -0.39 is 0 Å². The number of rotatable bonds is 1. The van der Waals surface area contributed by atoms with Crippen molar-refractivity contribution >= 4 is 0 Å². The molecule has 0 spiro atoms. The molecule has 0 amide bonds. The van der Waals surface area contributed by atoms with Crippen LogP contribution in [0.15, 0.2) is 24.0 Å². The molecule has 1 atom stereocenters. The van der Waals surface area contributed by atoms with E-state index in [1.165, 1.54) is 24.8 Å². The smallest absolute Gasteiger partial charge is 0.0335 e. The van der Waals surface area contributed by atoms with E-state index in [2.05, 4.69) is 22.2 Å². The summed E-state index contributed by atoms with van der Waals surface area (Å²) in [4.78, 5) is 0. The lowest BCUT2D eigenvalue weighted by Crippen LogP contribution is -2.37. The predicted octanol–water partition coefficient (Wildman–Crippen LogP) is 1.66. The Morgan fingerprint density at radius 2 is 2.07 bits per heavy atom. The summed E-state index contributed by atoms with van der Waals surface area (Å²) in [6, 6.07) is 0.560. The van der Waals surface area contributed by atoms with Crippen LogP contribution in [0.5, 0.6) is 0 Å². The van der Waals surface area contributed by atoms with Crippen LogP contribution in [0.4, 0.5) is 0 Å². The van der Waals surface area contributed by atoms with E-state index in [0.717, 1.165) is 6.54 Å². The maximum atomic E-state index is 3.50. The van der Waals surface area contributed by atoms with Crippen molar-refractivity contribution in [3.05, 3.63) is 24.0 Å². The first-order valence-corrected chi connectivity index (χ1v) is 5.58. The molecule has 0 unspecified atom stereocenters. The summed E-state index contributed by atoms with van der Waals surface area (Å²) in [6.45, 7) is 5.16. The highest BCUT2D eigenvalue weighted by atomic mass is 15.3. The zero-order valence-electron chi connectivity index (χ0n) is 9.14. The summed E-state index contributed by atoms with van der Waals surface area (Å²) in [5.41, 5.74) is 7.27. The second-order valence-electron chi connectivity index (χ2n) is 3.27. The molecule has 0 aliphatic carbocycles. The van der Waals surface area contributed by atoms with Gasteiger partial charge < -0.3 is 16.2 Å². The fourth-order valence-electron chi connectivity index (χ4n) is 1.71. The molecule has 80 valence electrons. The maximum Gasteiger partial charge on any atom is 0.0335 e. The largest absolute Gasteiger partial charge is 0.310 e. The molecule has 2 aliphatic heterocycles. The third kappa shape index (κ3) is 3.07. The Kier molecular flexibility index (Phi) is 5.15. The van der Waals surface area contributed by atoms with Gasteiger partial charge in [-0.25, -0.2) is 0 Å². The summed E-state index contributed by atoms with van der Waals surface area (Å²) in [6.07, 6.45) is 10.0. The van der Waals surface area contributed by atoms with Gasteiger partial charge in [0.25, 0.3) is 0 Å². The first-order chi connectivity index (χ1) is 6.97. The van der Waals surface area contributed by atoms with Gasteiger partial charge in [0.2, 0.25) is 0 Å². The van der Waals surface area contributed by atoms with Gasteiger partial charge in [0.1, 0.15) is 0 Å². The molecule has 0 radical (unpaired) electrons. The van der Waals surface area contributed by atoms with Crippen LogP contribution in [0.25, 0.3) is 0 Å². The Hall–Kier alpha value is -0.960. The number of hydrogen-bond donors (Lipinski definition) is 3. The average molecular weight is 195 g/mol. The van der Waals surface area contributed by atoms with E-state index in [0.29, 0.717) is 6.04 Å². The van der Waals surface area contributed by atoms with Gasteiger partial charge in [-0.15, -0.1) is 0 Å².